The molecule has 0 fully saturated rings. The van der Waals surface area contributed by atoms with Gasteiger partial charge in [-0.1, -0.05) is 41.9 Å². The molecule has 0 aliphatic carbocycles. The van der Waals surface area contributed by atoms with Crippen LogP contribution in [0, 0.1) is 0 Å². The maximum Gasteiger partial charge on any atom is 0.264 e. The molecule has 1 N–H and O–H groups in total. The molecule has 2 amide bonds. The van der Waals surface area contributed by atoms with Gasteiger partial charge < -0.3 is 15.0 Å². The van der Waals surface area contributed by atoms with E-state index in [1.54, 1.807) is 62.6 Å². The molecular weight excluding hydrogens is 538 g/mol. The molecule has 10 heteroatoms. The Morgan fingerprint density at radius 1 is 0.974 bits per heavy atom. The van der Waals surface area contributed by atoms with Gasteiger partial charge in [-0.3, -0.25) is 13.9 Å². The van der Waals surface area contributed by atoms with Gasteiger partial charge in [0.2, 0.25) is 11.8 Å². The monoisotopic (exact) mass is 571 g/mol. The number of methoxy groups -OCH3 is 1. The minimum atomic E-state index is -4.13. The molecule has 0 bridgehead atoms. The lowest BCUT2D eigenvalue weighted by molar-refractivity contribution is -0.140. The van der Waals surface area contributed by atoms with E-state index in [1.165, 1.54) is 29.2 Å². The van der Waals surface area contributed by atoms with E-state index in [1.807, 2.05) is 26.8 Å². The molecule has 0 saturated heterocycles. The normalized spacial score (nSPS) is 12.4. The fraction of sp³-hybridized carbons (Fsp3) is 0.310. The molecule has 0 radical (unpaired) electrons. The Kier molecular flexibility index (Phi) is 9.63. The van der Waals surface area contributed by atoms with Crippen molar-refractivity contribution in [3.63, 3.8) is 0 Å². The zero-order valence-corrected chi connectivity index (χ0v) is 24.3. The lowest BCUT2D eigenvalue weighted by atomic mass is 10.1. The number of sulfonamides is 1. The van der Waals surface area contributed by atoms with Crippen molar-refractivity contribution >= 4 is 39.1 Å². The molecule has 0 aliphatic heterocycles. The molecule has 3 aromatic carbocycles. The smallest absolute Gasteiger partial charge is 0.264 e. The van der Waals surface area contributed by atoms with E-state index in [2.05, 4.69) is 5.32 Å². The lowest BCUT2D eigenvalue weighted by Gasteiger charge is -2.33. The average molecular weight is 572 g/mol. The van der Waals surface area contributed by atoms with Gasteiger partial charge in [0, 0.05) is 17.1 Å². The van der Waals surface area contributed by atoms with Crippen LogP contribution in [0.3, 0.4) is 0 Å². The number of anilines is 1. The summed E-state index contributed by atoms with van der Waals surface area (Å²) in [7, 11) is -2.59. The maximum absolute atomic E-state index is 13.9. The molecule has 3 aromatic rings. The van der Waals surface area contributed by atoms with Crippen molar-refractivity contribution in [2.75, 3.05) is 18.0 Å². The molecule has 39 heavy (non-hydrogen) atoms. The van der Waals surface area contributed by atoms with Crippen molar-refractivity contribution < 1.29 is 22.7 Å². The number of hydrogen-bond donors (Lipinski definition) is 1. The minimum Gasteiger partial charge on any atom is -0.497 e. The van der Waals surface area contributed by atoms with Crippen LogP contribution in [-0.2, 0) is 26.2 Å². The zero-order valence-electron chi connectivity index (χ0n) is 22.7. The molecule has 0 aliphatic rings. The van der Waals surface area contributed by atoms with Crippen LogP contribution in [0.15, 0.2) is 83.8 Å². The quantitative estimate of drug-likeness (QED) is 0.374. The SMILES string of the molecule is COc1cccc(CN(C(=O)CN(c2ccc(Cl)cc2)S(=O)(=O)c2ccccc2)[C@@H](C)C(=O)NC(C)(C)C)c1. The van der Waals surface area contributed by atoms with Crippen LogP contribution in [0.2, 0.25) is 5.02 Å². The highest BCUT2D eigenvalue weighted by molar-refractivity contribution is 7.92. The molecule has 0 saturated carbocycles. The summed E-state index contributed by atoms with van der Waals surface area (Å²) >= 11 is 6.05. The molecular formula is C29H34ClN3O5S. The summed E-state index contributed by atoms with van der Waals surface area (Å²) in [5.74, 6) is -0.312. The summed E-state index contributed by atoms with van der Waals surface area (Å²) in [6, 6.07) is 20.3. The predicted octanol–water partition coefficient (Wildman–Crippen LogP) is 4.88. The Balaban J connectivity index is 2.03. The molecule has 208 valence electrons. The van der Waals surface area contributed by atoms with Crippen LogP contribution in [-0.4, -0.2) is 50.4 Å². The number of nitrogens with one attached hydrogen (secondary N) is 1. The first-order chi connectivity index (χ1) is 18.3. The molecule has 0 heterocycles. The van der Waals surface area contributed by atoms with E-state index in [9.17, 15) is 18.0 Å². The number of amides is 2. The van der Waals surface area contributed by atoms with Crippen molar-refractivity contribution in [2.45, 2.75) is 50.7 Å². The van der Waals surface area contributed by atoms with Crippen molar-refractivity contribution in [3.8, 4) is 5.75 Å². The second-order valence-electron chi connectivity index (χ2n) is 10.1. The van der Waals surface area contributed by atoms with Gasteiger partial charge in [0.1, 0.15) is 18.3 Å². The Morgan fingerprint density at radius 3 is 2.21 bits per heavy atom. The number of halogens is 1. The van der Waals surface area contributed by atoms with Gasteiger partial charge in [0.15, 0.2) is 0 Å². The van der Waals surface area contributed by atoms with Crippen molar-refractivity contribution in [2.24, 2.45) is 0 Å². The summed E-state index contributed by atoms with van der Waals surface area (Å²) in [5, 5.41) is 3.33. The van der Waals surface area contributed by atoms with Crippen LogP contribution in [0.5, 0.6) is 5.75 Å². The van der Waals surface area contributed by atoms with E-state index < -0.39 is 34.1 Å². The molecule has 3 rings (SSSR count). The number of hydrogen-bond acceptors (Lipinski definition) is 5. The molecule has 0 spiro atoms. The summed E-state index contributed by atoms with van der Waals surface area (Å²) in [4.78, 5) is 28.5. The predicted molar refractivity (Wildman–Crippen MR) is 153 cm³/mol. The van der Waals surface area contributed by atoms with Crippen LogP contribution in [0.4, 0.5) is 5.69 Å². The average Bonchev–Trinajstić information content (AvgIpc) is 2.90. The van der Waals surface area contributed by atoms with Gasteiger partial charge in [-0.25, -0.2) is 8.42 Å². The number of ether oxygens (including phenoxy) is 1. The summed E-state index contributed by atoms with van der Waals surface area (Å²) in [5.41, 5.74) is 0.467. The van der Waals surface area contributed by atoms with Crippen LogP contribution >= 0.6 is 11.6 Å². The highest BCUT2D eigenvalue weighted by atomic mass is 35.5. The van der Waals surface area contributed by atoms with Gasteiger partial charge >= 0.3 is 0 Å². The van der Waals surface area contributed by atoms with Crippen LogP contribution in [0.25, 0.3) is 0 Å². The summed E-state index contributed by atoms with van der Waals surface area (Å²) in [6.07, 6.45) is 0. The molecule has 0 aromatic heterocycles. The van der Waals surface area contributed by atoms with E-state index in [4.69, 9.17) is 16.3 Å². The van der Waals surface area contributed by atoms with E-state index in [0.717, 1.165) is 9.87 Å². The van der Waals surface area contributed by atoms with Crippen LogP contribution < -0.4 is 14.4 Å². The third kappa shape index (κ3) is 7.97. The second-order valence-corrected chi connectivity index (χ2v) is 12.4. The van der Waals surface area contributed by atoms with Gasteiger partial charge in [-0.2, -0.15) is 0 Å². The van der Waals surface area contributed by atoms with Gasteiger partial charge in [-0.05, 0) is 81.8 Å². The Bertz CT molecular complexity index is 1390. The number of rotatable bonds is 10. The van der Waals surface area contributed by atoms with Crippen LogP contribution in [0.1, 0.15) is 33.3 Å². The zero-order chi connectivity index (χ0) is 28.8. The number of carbonyl (C=O) groups is 2. The molecule has 0 unspecified atom stereocenters. The fourth-order valence-electron chi connectivity index (χ4n) is 3.88. The third-order valence-corrected chi connectivity index (χ3v) is 7.92. The second kappa shape index (κ2) is 12.5. The highest BCUT2D eigenvalue weighted by Gasteiger charge is 2.33. The van der Waals surface area contributed by atoms with E-state index >= 15 is 0 Å². The van der Waals surface area contributed by atoms with Crippen molar-refractivity contribution in [1.82, 2.24) is 10.2 Å². The number of benzene rings is 3. The third-order valence-electron chi connectivity index (χ3n) is 5.88. The summed E-state index contributed by atoms with van der Waals surface area (Å²) < 4.78 is 33.8. The Morgan fingerprint density at radius 2 is 1.62 bits per heavy atom. The number of nitrogens with zero attached hydrogens (tertiary/aromatic N) is 2. The van der Waals surface area contributed by atoms with Gasteiger partial charge in [-0.15, -0.1) is 0 Å². The Hall–Kier alpha value is -3.56. The molecule has 1 atom stereocenters. The first kappa shape index (κ1) is 30.0. The largest absolute Gasteiger partial charge is 0.497 e. The first-order valence-corrected chi connectivity index (χ1v) is 14.2. The topological polar surface area (TPSA) is 96.0 Å². The number of carbonyl (C=O) groups excluding carboxylic acids is 2. The van der Waals surface area contributed by atoms with Gasteiger partial charge in [0.25, 0.3) is 10.0 Å². The molecule has 8 nitrogen and oxygen atoms in total. The van der Waals surface area contributed by atoms with E-state index in [0.29, 0.717) is 10.8 Å². The lowest BCUT2D eigenvalue weighted by Crippen LogP contribution is -2.54. The van der Waals surface area contributed by atoms with Gasteiger partial charge in [0.05, 0.1) is 17.7 Å². The maximum atomic E-state index is 13.9. The standard InChI is InChI=1S/C29H34ClN3O5S/c1-21(28(35)31-29(2,3)4)32(19-22-10-9-11-25(18-22)38-5)27(34)20-33(24-16-14-23(30)15-17-24)39(36,37)26-12-7-6-8-13-26/h6-18,21H,19-20H2,1-5H3,(H,31,35)/t21-/m0/s1. The minimum absolute atomic E-state index is 0.0330. The highest BCUT2D eigenvalue weighted by Crippen LogP contribution is 2.26. The fourth-order valence-corrected chi connectivity index (χ4v) is 5.44. The van der Waals surface area contributed by atoms with E-state index in [-0.39, 0.29) is 23.0 Å². The first-order valence-electron chi connectivity index (χ1n) is 12.4. The Labute approximate surface area is 235 Å². The van der Waals surface area contributed by atoms with Crippen molar-refractivity contribution in [1.29, 1.82) is 0 Å². The van der Waals surface area contributed by atoms with Crippen molar-refractivity contribution in [3.05, 3.63) is 89.4 Å². The summed E-state index contributed by atoms with van der Waals surface area (Å²) in [6.45, 7) is 6.70.